The summed E-state index contributed by atoms with van der Waals surface area (Å²) in [5, 5.41) is 0. The van der Waals surface area contributed by atoms with Crippen LogP contribution in [0.15, 0.2) is 206 Å². The summed E-state index contributed by atoms with van der Waals surface area (Å²) in [7, 11) is 0. The Balaban J connectivity index is 0.987. The Labute approximate surface area is 362 Å². The van der Waals surface area contributed by atoms with Crippen LogP contribution in [-0.2, 0) is 0 Å². The first kappa shape index (κ1) is 38.3. The molecule has 0 aliphatic heterocycles. The zero-order chi connectivity index (χ0) is 41.8. The van der Waals surface area contributed by atoms with Crippen LogP contribution in [0.25, 0.3) is 84.8 Å². The molecule has 1 aliphatic rings. The summed E-state index contributed by atoms with van der Waals surface area (Å²) in [4.78, 5) is 30.2. The van der Waals surface area contributed by atoms with Gasteiger partial charge in [0.15, 0.2) is 34.9 Å². The first-order valence-electron chi connectivity index (χ1n) is 21.0. The molecule has 296 valence electrons. The molecule has 2 aromatic heterocycles. The molecule has 2 heterocycles. The lowest BCUT2D eigenvalue weighted by Gasteiger charge is -2.27. The Morgan fingerprint density at radius 3 is 1.29 bits per heavy atom. The standard InChI is InChI=1S/C56H42N6/c1-37-29-30-47(55-59-51(41-19-9-4-10-20-41)57-54(60-55)44-33-31-40(32-34-44)39-17-7-3-8-18-39)36-50(37)46-26-15-25-45(35-46)48-27-16-28-49(38(48)2)56-61-52(42-21-11-5-12-22-42)58-53(62-56)43-23-13-6-14-24-43/h3-36,38,48H,1-2H3. The molecule has 0 saturated heterocycles. The first-order chi connectivity index (χ1) is 30.5. The van der Waals surface area contributed by atoms with E-state index in [2.05, 4.69) is 123 Å². The smallest absolute Gasteiger partial charge is 0.164 e. The largest absolute Gasteiger partial charge is 0.209 e. The zero-order valence-corrected chi connectivity index (χ0v) is 34.5. The van der Waals surface area contributed by atoms with Crippen molar-refractivity contribution >= 4 is 5.57 Å². The number of aromatic nitrogens is 6. The second-order valence-electron chi connectivity index (χ2n) is 15.6. The van der Waals surface area contributed by atoms with Gasteiger partial charge in [0, 0.05) is 39.3 Å². The summed E-state index contributed by atoms with van der Waals surface area (Å²) < 4.78 is 0. The molecule has 9 aromatic rings. The van der Waals surface area contributed by atoms with Crippen molar-refractivity contribution in [3.05, 3.63) is 223 Å². The maximum atomic E-state index is 5.10. The summed E-state index contributed by atoms with van der Waals surface area (Å²) in [6.07, 6.45) is 6.59. The number of rotatable bonds is 9. The topological polar surface area (TPSA) is 77.3 Å². The van der Waals surface area contributed by atoms with E-state index in [1.807, 2.05) is 97.1 Å². The molecule has 62 heavy (non-hydrogen) atoms. The number of benzene rings is 7. The SMILES string of the molecule is Cc1ccc(-c2nc(-c3ccccc3)nc(-c3ccc(-c4ccccc4)cc3)n2)cc1-c1cccc(C2C=CC=C(c3nc(-c4ccccc4)nc(-c4ccccc4)n3)C2C)c1. The van der Waals surface area contributed by atoms with E-state index in [0.717, 1.165) is 50.1 Å². The van der Waals surface area contributed by atoms with Crippen LogP contribution in [0.5, 0.6) is 0 Å². The number of nitrogens with zero attached hydrogens (tertiary/aromatic N) is 6. The molecule has 0 spiro atoms. The minimum absolute atomic E-state index is 0.0964. The van der Waals surface area contributed by atoms with Crippen molar-refractivity contribution in [1.29, 1.82) is 0 Å². The lowest BCUT2D eigenvalue weighted by Crippen LogP contribution is -2.15. The summed E-state index contributed by atoms with van der Waals surface area (Å²) >= 11 is 0. The number of hydrogen-bond acceptors (Lipinski definition) is 6. The minimum atomic E-state index is 0.0964. The third kappa shape index (κ3) is 7.89. The van der Waals surface area contributed by atoms with Crippen LogP contribution >= 0.6 is 0 Å². The molecule has 0 bridgehead atoms. The maximum absolute atomic E-state index is 5.10. The van der Waals surface area contributed by atoms with E-state index in [9.17, 15) is 0 Å². The van der Waals surface area contributed by atoms with Gasteiger partial charge in [-0.05, 0) is 52.3 Å². The molecule has 0 N–H and O–H groups in total. The van der Waals surface area contributed by atoms with Crippen LogP contribution < -0.4 is 0 Å². The van der Waals surface area contributed by atoms with Gasteiger partial charge in [0.2, 0.25) is 0 Å². The van der Waals surface area contributed by atoms with Crippen LogP contribution in [0.1, 0.15) is 29.8 Å². The second-order valence-corrected chi connectivity index (χ2v) is 15.6. The Hall–Kier alpha value is -7.96. The van der Waals surface area contributed by atoms with E-state index in [0.29, 0.717) is 34.9 Å². The zero-order valence-electron chi connectivity index (χ0n) is 34.5. The van der Waals surface area contributed by atoms with E-state index in [1.54, 1.807) is 0 Å². The minimum Gasteiger partial charge on any atom is -0.209 e. The van der Waals surface area contributed by atoms with Gasteiger partial charge in [0.1, 0.15) is 0 Å². The van der Waals surface area contributed by atoms with Crippen molar-refractivity contribution in [3.8, 4) is 79.2 Å². The molecule has 7 aromatic carbocycles. The van der Waals surface area contributed by atoms with Gasteiger partial charge >= 0.3 is 0 Å². The summed E-state index contributed by atoms with van der Waals surface area (Å²) in [5.41, 5.74) is 12.7. The fraction of sp³-hybridized carbons (Fsp3) is 0.0714. The van der Waals surface area contributed by atoms with Gasteiger partial charge in [-0.15, -0.1) is 0 Å². The van der Waals surface area contributed by atoms with Gasteiger partial charge in [-0.3, -0.25) is 0 Å². The van der Waals surface area contributed by atoms with Crippen LogP contribution in [0, 0.1) is 12.8 Å². The summed E-state index contributed by atoms with van der Waals surface area (Å²) in [6.45, 7) is 4.43. The molecule has 0 saturated carbocycles. The molecule has 0 radical (unpaired) electrons. The van der Waals surface area contributed by atoms with Crippen molar-refractivity contribution in [3.63, 3.8) is 0 Å². The van der Waals surface area contributed by atoms with Crippen LogP contribution in [-0.4, -0.2) is 29.9 Å². The highest BCUT2D eigenvalue weighted by Gasteiger charge is 2.27. The predicted molar refractivity (Wildman–Crippen MR) is 251 cm³/mol. The van der Waals surface area contributed by atoms with E-state index in [1.165, 1.54) is 16.7 Å². The van der Waals surface area contributed by atoms with E-state index >= 15 is 0 Å². The Bertz CT molecular complexity index is 3020. The molecule has 0 amide bonds. The summed E-state index contributed by atoms with van der Waals surface area (Å²) in [6, 6.07) is 64.6. The highest BCUT2D eigenvalue weighted by Crippen LogP contribution is 2.41. The van der Waals surface area contributed by atoms with Crippen molar-refractivity contribution in [2.45, 2.75) is 19.8 Å². The average Bonchev–Trinajstić information content (AvgIpc) is 3.35. The second kappa shape index (κ2) is 17.0. The van der Waals surface area contributed by atoms with Crippen molar-refractivity contribution in [1.82, 2.24) is 29.9 Å². The van der Waals surface area contributed by atoms with Gasteiger partial charge in [-0.2, -0.15) is 0 Å². The first-order valence-corrected chi connectivity index (χ1v) is 21.0. The Morgan fingerprint density at radius 2 is 0.758 bits per heavy atom. The number of hydrogen-bond donors (Lipinski definition) is 0. The number of allylic oxidation sites excluding steroid dienone is 4. The molecule has 6 nitrogen and oxygen atoms in total. The highest BCUT2D eigenvalue weighted by atomic mass is 15.0. The molecule has 2 unspecified atom stereocenters. The summed E-state index contributed by atoms with van der Waals surface area (Å²) in [5.74, 6) is 4.10. The van der Waals surface area contributed by atoms with Gasteiger partial charge < -0.3 is 0 Å². The average molecular weight is 799 g/mol. The fourth-order valence-corrected chi connectivity index (χ4v) is 8.18. The highest BCUT2D eigenvalue weighted by molar-refractivity contribution is 5.77. The fourth-order valence-electron chi connectivity index (χ4n) is 8.18. The molecule has 10 rings (SSSR count). The third-order valence-electron chi connectivity index (χ3n) is 11.6. The van der Waals surface area contributed by atoms with Gasteiger partial charge in [0.05, 0.1) is 0 Å². The van der Waals surface area contributed by atoms with Gasteiger partial charge in [-0.1, -0.05) is 207 Å². The maximum Gasteiger partial charge on any atom is 0.164 e. The lowest BCUT2D eigenvalue weighted by atomic mass is 9.78. The molecule has 1 aliphatic carbocycles. The molecule has 2 atom stereocenters. The Morgan fingerprint density at radius 1 is 0.355 bits per heavy atom. The Kier molecular flexibility index (Phi) is 10.5. The van der Waals surface area contributed by atoms with Gasteiger partial charge in [0.25, 0.3) is 0 Å². The lowest BCUT2D eigenvalue weighted by molar-refractivity contribution is 0.647. The van der Waals surface area contributed by atoms with E-state index in [-0.39, 0.29) is 11.8 Å². The van der Waals surface area contributed by atoms with E-state index in [4.69, 9.17) is 29.9 Å². The van der Waals surface area contributed by atoms with Crippen LogP contribution in [0.2, 0.25) is 0 Å². The quantitative estimate of drug-likeness (QED) is 0.145. The normalized spacial score (nSPS) is 14.6. The predicted octanol–water partition coefficient (Wildman–Crippen LogP) is 13.4. The van der Waals surface area contributed by atoms with E-state index < -0.39 is 0 Å². The molecule has 6 heteroatoms. The van der Waals surface area contributed by atoms with Crippen LogP contribution in [0.4, 0.5) is 0 Å². The molecule has 0 fully saturated rings. The third-order valence-corrected chi connectivity index (χ3v) is 11.6. The van der Waals surface area contributed by atoms with Crippen molar-refractivity contribution < 1.29 is 0 Å². The molecular formula is C56H42N6. The van der Waals surface area contributed by atoms with Crippen molar-refractivity contribution in [2.75, 3.05) is 0 Å². The van der Waals surface area contributed by atoms with Crippen molar-refractivity contribution in [2.24, 2.45) is 5.92 Å². The number of aryl methyl sites for hydroxylation is 1. The monoisotopic (exact) mass is 798 g/mol. The van der Waals surface area contributed by atoms with Gasteiger partial charge in [-0.25, -0.2) is 29.9 Å². The van der Waals surface area contributed by atoms with Crippen LogP contribution in [0.3, 0.4) is 0 Å². The molecular weight excluding hydrogens is 757 g/mol.